The molecule has 7 heteroatoms. The molecule has 1 saturated heterocycles. The maximum Gasteiger partial charge on any atom is 0.253 e. The van der Waals surface area contributed by atoms with Gasteiger partial charge in [0.1, 0.15) is 0 Å². The number of likely N-dealkylation sites (N-methyl/N-ethyl adjacent to an activating group) is 1. The number of hydrogen-bond donors (Lipinski definition) is 1. The zero-order valence-corrected chi connectivity index (χ0v) is 17.2. The van der Waals surface area contributed by atoms with Crippen LogP contribution in [0.3, 0.4) is 0 Å². The van der Waals surface area contributed by atoms with Crippen LogP contribution < -0.4 is 4.72 Å². The molecule has 1 N–H and O–H groups in total. The van der Waals surface area contributed by atoms with Crippen molar-refractivity contribution in [2.75, 3.05) is 27.2 Å². The van der Waals surface area contributed by atoms with Crippen LogP contribution >= 0.6 is 0 Å². The van der Waals surface area contributed by atoms with Crippen LogP contribution in [0.4, 0.5) is 0 Å². The Kier molecular flexibility index (Phi) is 6.49. The maximum atomic E-state index is 12.9. The Hall–Kier alpha value is -2.22. The van der Waals surface area contributed by atoms with E-state index in [1.807, 2.05) is 49.3 Å². The SMILES string of the molecule is CN(C)C1CCCN(C(=O)c2cccc(S(=O)(=O)NCc3ccccc3)c2)C1. The average molecular weight is 402 g/mol. The Morgan fingerprint density at radius 3 is 2.61 bits per heavy atom. The molecule has 1 heterocycles. The molecule has 0 saturated carbocycles. The molecule has 2 aromatic rings. The largest absolute Gasteiger partial charge is 0.337 e. The van der Waals surface area contributed by atoms with Crippen LogP contribution in [0.5, 0.6) is 0 Å². The van der Waals surface area contributed by atoms with E-state index in [2.05, 4.69) is 9.62 Å². The first-order valence-corrected chi connectivity index (χ1v) is 10.9. The molecule has 1 fully saturated rings. The summed E-state index contributed by atoms with van der Waals surface area (Å²) in [4.78, 5) is 17.0. The fraction of sp³-hybridized carbons (Fsp3) is 0.381. The van der Waals surface area contributed by atoms with E-state index in [0.29, 0.717) is 24.7 Å². The fourth-order valence-corrected chi connectivity index (χ4v) is 4.46. The summed E-state index contributed by atoms with van der Waals surface area (Å²) in [5.74, 6) is -0.119. The lowest BCUT2D eigenvalue weighted by Gasteiger charge is -2.36. The highest BCUT2D eigenvalue weighted by Crippen LogP contribution is 2.19. The summed E-state index contributed by atoms with van der Waals surface area (Å²) in [6, 6.07) is 15.9. The van der Waals surface area contributed by atoms with Gasteiger partial charge in [0.15, 0.2) is 0 Å². The second-order valence-electron chi connectivity index (χ2n) is 7.35. The van der Waals surface area contributed by atoms with E-state index in [1.54, 1.807) is 12.1 Å². The van der Waals surface area contributed by atoms with Crippen LogP contribution in [0.15, 0.2) is 59.5 Å². The first kappa shape index (κ1) is 20.5. The summed E-state index contributed by atoms with van der Waals surface area (Å²) in [6.45, 7) is 1.57. The number of likely N-dealkylation sites (tertiary alicyclic amines) is 1. The van der Waals surface area contributed by atoms with Crippen molar-refractivity contribution in [1.29, 1.82) is 0 Å². The van der Waals surface area contributed by atoms with E-state index in [4.69, 9.17) is 0 Å². The molecule has 0 aromatic heterocycles. The van der Waals surface area contributed by atoms with E-state index in [0.717, 1.165) is 18.4 Å². The van der Waals surface area contributed by atoms with Gasteiger partial charge in [-0.05, 0) is 50.7 Å². The van der Waals surface area contributed by atoms with Gasteiger partial charge >= 0.3 is 0 Å². The molecule has 0 radical (unpaired) electrons. The highest BCUT2D eigenvalue weighted by Gasteiger charge is 2.26. The lowest BCUT2D eigenvalue weighted by atomic mass is 10.0. The zero-order valence-electron chi connectivity index (χ0n) is 16.3. The second kappa shape index (κ2) is 8.86. The van der Waals surface area contributed by atoms with Gasteiger partial charge in [-0.1, -0.05) is 36.4 Å². The highest BCUT2D eigenvalue weighted by atomic mass is 32.2. The Morgan fingerprint density at radius 2 is 1.89 bits per heavy atom. The van der Waals surface area contributed by atoms with Crippen molar-refractivity contribution in [2.45, 2.75) is 30.3 Å². The molecule has 1 aliphatic heterocycles. The maximum absolute atomic E-state index is 12.9. The second-order valence-corrected chi connectivity index (χ2v) is 9.12. The number of amides is 1. The number of nitrogens with zero attached hydrogens (tertiary/aromatic N) is 2. The Bertz CT molecular complexity index is 914. The standard InChI is InChI=1S/C21H27N3O3S/c1-23(2)19-11-7-13-24(16-19)21(25)18-10-6-12-20(14-18)28(26,27)22-15-17-8-4-3-5-9-17/h3-6,8-10,12,14,19,22H,7,11,13,15-16H2,1-2H3. The van der Waals surface area contributed by atoms with Crippen molar-refractivity contribution >= 4 is 15.9 Å². The number of hydrogen-bond acceptors (Lipinski definition) is 4. The van der Waals surface area contributed by atoms with Crippen LogP contribution in [0.2, 0.25) is 0 Å². The minimum absolute atomic E-state index is 0.107. The molecular formula is C21H27N3O3S. The van der Waals surface area contributed by atoms with E-state index >= 15 is 0 Å². The Morgan fingerprint density at radius 1 is 1.14 bits per heavy atom. The molecule has 1 atom stereocenters. The topological polar surface area (TPSA) is 69.7 Å². The van der Waals surface area contributed by atoms with Gasteiger partial charge in [-0.15, -0.1) is 0 Å². The van der Waals surface area contributed by atoms with Crippen LogP contribution in [0.25, 0.3) is 0 Å². The number of sulfonamides is 1. The fourth-order valence-electron chi connectivity index (χ4n) is 3.40. The van der Waals surface area contributed by atoms with Gasteiger partial charge in [0.25, 0.3) is 5.91 Å². The highest BCUT2D eigenvalue weighted by molar-refractivity contribution is 7.89. The molecule has 1 amide bonds. The van der Waals surface area contributed by atoms with Crippen molar-refractivity contribution in [3.8, 4) is 0 Å². The number of carbonyl (C=O) groups is 1. The van der Waals surface area contributed by atoms with Crippen molar-refractivity contribution < 1.29 is 13.2 Å². The summed E-state index contributed by atoms with van der Waals surface area (Å²) in [5.41, 5.74) is 1.28. The minimum Gasteiger partial charge on any atom is -0.337 e. The molecule has 0 aliphatic carbocycles. The molecule has 150 valence electrons. The van der Waals surface area contributed by atoms with E-state index in [9.17, 15) is 13.2 Å². The molecular weight excluding hydrogens is 374 g/mol. The summed E-state index contributed by atoms with van der Waals surface area (Å²) < 4.78 is 27.9. The molecule has 1 unspecified atom stereocenters. The van der Waals surface area contributed by atoms with Gasteiger partial charge in [0, 0.05) is 31.2 Å². The molecule has 6 nitrogen and oxygen atoms in total. The summed E-state index contributed by atoms with van der Waals surface area (Å²) >= 11 is 0. The van der Waals surface area contributed by atoms with Crippen LogP contribution in [0, 0.1) is 0 Å². The van der Waals surface area contributed by atoms with Gasteiger partial charge in [0.2, 0.25) is 10.0 Å². The quantitative estimate of drug-likeness (QED) is 0.807. The van der Waals surface area contributed by atoms with Gasteiger partial charge < -0.3 is 9.80 Å². The first-order chi connectivity index (χ1) is 13.4. The summed E-state index contributed by atoms with van der Waals surface area (Å²) in [5, 5.41) is 0. The van der Waals surface area contributed by atoms with Crippen molar-refractivity contribution in [2.24, 2.45) is 0 Å². The van der Waals surface area contributed by atoms with E-state index in [1.165, 1.54) is 12.1 Å². The molecule has 1 aliphatic rings. The van der Waals surface area contributed by atoms with Gasteiger partial charge in [-0.25, -0.2) is 13.1 Å². The minimum atomic E-state index is -3.70. The Balaban J connectivity index is 1.73. The number of nitrogens with one attached hydrogen (secondary N) is 1. The normalized spacial score (nSPS) is 17.7. The van der Waals surface area contributed by atoms with Crippen molar-refractivity contribution in [3.63, 3.8) is 0 Å². The Labute approximate surface area is 167 Å². The monoisotopic (exact) mass is 401 g/mol. The van der Waals surface area contributed by atoms with Gasteiger partial charge in [-0.2, -0.15) is 0 Å². The van der Waals surface area contributed by atoms with Gasteiger partial charge in [0.05, 0.1) is 4.90 Å². The molecule has 2 aromatic carbocycles. The van der Waals surface area contributed by atoms with Crippen LogP contribution in [0.1, 0.15) is 28.8 Å². The number of carbonyl (C=O) groups excluding carboxylic acids is 1. The molecule has 3 rings (SSSR count). The van der Waals surface area contributed by atoms with Gasteiger partial charge in [-0.3, -0.25) is 4.79 Å². The average Bonchev–Trinajstić information content (AvgIpc) is 2.73. The van der Waals surface area contributed by atoms with E-state index in [-0.39, 0.29) is 17.3 Å². The lowest BCUT2D eigenvalue weighted by Crippen LogP contribution is -2.47. The number of benzene rings is 2. The number of piperidine rings is 1. The molecule has 28 heavy (non-hydrogen) atoms. The van der Waals surface area contributed by atoms with Crippen LogP contribution in [-0.2, 0) is 16.6 Å². The molecule has 0 spiro atoms. The third-order valence-corrected chi connectivity index (χ3v) is 6.51. The summed E-state index contributed by atoms with van der Waals surface area (Å²) in [7, 11) is 0.338. The lowest BCUT2D eigenvalue weighted by molar-refractivity contribution is 0.0635. The molecule has 0 bridgehead atoms. The smallest absolute Gasteiger partial charge is 0.253 e. The predicted molar refractivity (Wildman–Crippen MR) is 110 cm³/mol. The third-order valence-electron chi connectivity index (χ3n) is 5.11. The first-order valence-electron chi connectivity index (χ1n) is 9.46. The zero-order chi connectivity index (χ0) is 20.1. The number of rotatable bonds is 6. The van der Waals surface area contributed by atoms with Crippen molar-refractivity contribution in [1.82, 2.24) is 14.5 Å². The van der Waals surface area contributed by atoms with Crippen LogP contribution in [-0.4, -0.2) is 57.4 Å². The summed E-state index contributed by atoms with van der Waals surface area (Å²) in [6.07, 6.45) is 2.01. The van der Waals surface area contributed by atoms with E-state index < -0.39 is 10.0 Å². The third kappa shape index (κ3) is 4.98. The van der Waals surface area contributed by atoms with Crippen molar-refractivity contribution in [3.05, 3.63) is 65.7 Å². The predicted octanol–water partition coefficient (Wildman–Crippen LogP) is 2.33.